The molecule has 0 radical (unpaired) electrons. The normalized spacial score (nSPS) is 11.3. The summed E-state index contributed by atoms with van der Waals surface area (Å²) in [7, 11) is 0. The molecule has 0 fully saturated rings. The van der Waals surface area contributed by atoms with Crippen LogP contribution in [-0.4, -0.2) is 9.97 Å². The van der Waals surface area contributed by atoms with Crippen LogP contribution in [0, 0.1) is 13.8 Å². The highest BCUT2D eigenvalue weighted by atomic mass is 14.8. The van der Waals surface area contributed by atoms with Gasteiger partial charge in [-0.2, -0.15) is 0 Å². The van der Waals surface area contributed by atoms with E-state index in [1.807, 2.05) is 6.20 Å². The van der Waals surface area contributed by atoms with Gasteiger partial charge in [0.1, 0.15) is 5.65 Å². The van der Waals surface area contributed by atoms with Crippen LogP contribution in [0.5, 0.6) is 0 Å². The second kappa shape index (κ2) is 4.45. The molecule has 0 amide bonds. The van der Waals surface area contributed by atoms with Crippen LogP contribution in [0.2, 0.25) is 0 Å². The van der Waals surface area contributed by atoms with Crippen molar-refractivity contribution in [3.63, 3.8) is 0 Å². The molecule has 0 spiro atoms. The van der Waals surface area contributed by atoms with Gasteiger partial charge in [0.2, 0.25) is 0 Å². The van der Waals surface area contributed by atoms with E-state index in [0.29, 0.717) is 0 Å². The lowest BCUT2D eigenvalue weighted by atomic mass is 9.98. The molecule has 0 aliphatic rings. The predicted molar refractivity (Wildman–Crippen MR) is 88.5 cm³/mol. The number of aromatic amines is 1. The molecule has 2 nitrogen and oxygen atoms in total. The predicted octanol–water partition coefficient (Wildman–Crippen LogP) is 5.00. The Labute approximate surface area is 123 Å². The Morgan fingerprint density at radius 1 is 0.952 bits per heavy atom. The van der Waals surface area contributed by atoms with Crippen LogP contribution in [0.4, 0.5) is 0 Å². The van der Waals surface area contributed by atoms with Gasteiger partial charge >= 0.3 is 0 Å². The molecule has 1 N–H and O–H groups in total. The summed E-state index contributed by atoms with van der Waals surface area (Å²) < 4.78 is 0. The lowest BCUT2D eigenvalue weighted by Crippen LogP contribution is -1.82. The summed E-state index contributed by atoms with van der Waals surface area (Å²) in [5.41, 5.74) is 7.08. The van der Waals surface area contributed by atoms with Crippen molar-refractivity contribution < 1.29 is 0 Å². The van der Waals surface area contributed by atoms with Crippen LogP contribution in [0.1, 0.15) is 11.1 Å². The minimum Gasteiger partial charge on any atom is -0.339 e. The van der Waals surface area contributed by atoms with Gasteiger partial charge in [-0.3, -0.25) is 0 Å². The summed E-state index contributed by atoms with van der Waals surface area (Å²) >= 11 is 0. The Hall–Kier alpha value is -2.61. The average Bonchev–Trinajstić information content (AvgIpc) is 2.88. The van der Waals surface area contributed by atoms with Gasteiger partial charge in [-0.1, -0.05) is 42.5 Å². The molecule has 2 heteroatoms. The Bertz CT molecular complexity index is 950. The van der Waals surface area contributed by atoms with Crippen LogP contribution >= 0.6 is 0 Å². The standard InChI is InChI=1S/C19H16N2/c1-12-10-16-17-15(14-6-4-3-5-7-14)9-8-13(2)18(17)21-19(16)20-11-12/h3-11H,1-2H3,(H,20,21). The number of aryl methyl sites for hydroxylation is 2. The molecule has 0 saturated carbocycles. The van der Waals surface area contributed by atoms with Crippen LogP contribution in [0.25, 0.3) is 33.1 Å². The zero-order chi connectivity index (χ0) is 14.4. The Morgan fingerprint density at radius 3 is 2.57 bits per heavy atom. The zero-order valence-corrected chi connectivity index (χ0v) is 12.1. The van der Waals surface area contributed by atoms with Gasteiger partial charge < -0.3 is 4.98 Å². The fourth-order valence-corrected chi connectivity index (χ4v) is 2.98. The second-order valence-electron chi connectivity index (χ2n) is 5.58. The van der Waals surface area contributed by atoms with Crippen LogP contribution < -0.4 is 0 Å². The Morgan fingerprint density at radius 2 is 1.76 bits per heavy atom. The topological polar surface area (TPSA) is 28.7 Å². The van der Waals surface area contributed by atoms with E-state index >= 15 is 0 Å². The first-order chi connectivity index (χ1) is 10.2. The van der Waals surface area contributed by atoms with E-state index in [9.17, 15) is 0 Å². The fourth-order valence-electron chi connectivity index (χ4n) is 2.98. The van der Waals surface area contributed by atoms with E-state index < -0.39 is 0 Å². The van der Waals surface area contributed by atoms with E-state index in [2.05, 4.69) is 72.3 Å². The molecule has 0 atom stereocenters. The van der Waals surface area contributed by atoms with E-state index in [1.165, 1.54) is 38.5 Å². The summed E-state index contributed by atoms with van der Waals surface area (Å²) in [6.45, 7) is 4.22. The molecule has 2 aromatic heterocycles. The quantitative estimate of drug-likeness (QED) is 0.519. The lowest BCUT2D eigenvalue weighted by Gasteiger charge is -2.06. The van der Waals surface area contributed by atoms with E-state index in [4.69, 9.17) is 0 Å². The number of benzene rings is 2. The summed E-state index contributed by atoms with van der Waals surface area (Å²) in [5.74, 6) is 0. The van der Waals surface area contributed by atoms with Crippen molar-refractivity contribution in [3.05, 3.63) is 65.9 Å². The molecule has 0 unspecified atom stereocenters. The van der Waals surface area contributed by atoms with Crippen LogP contribution in [0.15, 0.2) is 54.7 Å². The maximum Gasteiger partial charge on any atom is 0.138 e. The molecule has 0 saturated heterocycles. The molecule has 0 bridgehead atoms. The third kappa shape index (κ3) is 1.83. The Kier molecular flexibility index (Phi) is 2.58. The second-order valence-corrected chi connectivity index (χ2v) is 5.58. The van der Waals surface area contributed by atoms with Gasteiger partial charge in [0.05, 0.1) is 5.52 Å². The Balaban J connectivity index is 2.19. The maximum atomic E-state index is 4.54. The minimum atomic E-state index is 0.960. The smallest absolute Gasteiger partial charge is 0.138 e. The number of hydrogen-bond acceptors (Lipinski definition) is 1. The number of aromatic nitrogens is 2. The van der Waals surface area contributed by atoms with Gasteiger partial charge in [0, 0.05) is 17.0 Å². The lowest BCUT2D eigenvalue weighted by molar-refractivity contribution is 1.29. The highest BCUT2D eigenvalue weighted by molar-refractivity contribution is 6.14. The first kappa shape index (κ1) is 12.2. The number of H-pyrrole nitrogens is 1. The molecule has 21 heavy (non-hydrogen) atoms. The number of fused-ring (bicyclic) bond motifs is 3. The SMILES string of the molecule is Cc1cnc2[nH]c3c(C)ccc(-c4ccccc4)c3c2c1. The molecule has 2 aromatic carbocycles. The molecule has 0 aliphatic heterocycles. The van der Waals surface area contributed by atoms with Gasteiger partial charge in [0.15, 0.2) is 0 Å². The number of hydrogen-bond donors (Lipinski definition) is 1. The van der Waals surface area contributed by atoms with E-state index in [-0.39, 0.29) is 0 Å². The van der Waals surface area contributed by atoms with Crippen molar-refractivity contribution in [2.75, 3.05) is 0 Å². The molecule has 0 aliphatic carbocycles. The van der Waals surface area contributed by atoms with E-state index in [0.717, 1.165) is 5.65 Å². The van der Waals surface area contributed by atoms with Crippen molar-refractivity contribution in [3.8, 4) is 11.1 Å². The van der Waals surface area contributed by atoms with Crippen molar-refractivity contribution in [2.45, 2.75) is 13.8 Å². The van der Waals surface area contributed by atoms with Crippen molar-refractivity contribution >= 4 is 21.9 Å². The van der Waals surface area contributed by atoms with Crippen molar-refractivity contribution in [2.24, 2.45) is 0 Å². The van der Waals surface area contributed by atoms with Crippen LogP contribution in [0.3, 0.4) is 0 Å². The number of pyridine rings is 1. The summed E-state index contributed by atoms with van der Waals surface area (Å²) in [6, 6.07) is 17.1. The molecular formula is C19H16N2. The highest BCUT2D eigenvalue weighted by Crippen LogP contribution is 2.35. The highest BCUT2D eigenvalue weighted by Gasteiger charge is 2.12. The van der Waals surface area contributed by atoms with Crippen molar-refractivity contribution in [1.29, 1.82) is 0 Å². The van der Waals surface area contributed by atoms with Gasteiger partial charge in [-0.25, -0.2) is 4.98 Å². The van der Waals surface area contributed by atoms with Gasteiger partial charge in [-0.15, -0.1) is 0 Å². The molecule has 2 heterocycles. The first-order valence-electron chi connectivity index (χ1n) is 7.17. The van der Waals surface area contributed by atoms with Crippen LogP contribution in [-0.2, 0) is 0 Å². The number of nitrogens with one attached hydrogen (secondary N) is 1. The van der Waals surface area contributed by atoms with Crippen molar-refractivity contribution in [1.82, 2.24) is 9.97 Å². The summed E-state index contributed by atoms with van der Waals surface area (Å²) in [5, 5.41) is 2.47. The molecule has 4 rings (SSSR count). The van der Waals surface area contributed by atoms with Gasteiger partial charge in [-0.05, 0) is 42.2 Å². The molecule has 4 aromatic rings. The first-order valence-corrected chi connectivity index (χ1v) is 7.17. The van der Waals surface area contributed by atoms with Gasteiger partial charge in [0.25, 0.3) is 0 Å². The third-order valence-corrected chi connectivity index (χ3v) is 4.04. The summed E-state index contributed by atoms with van der Waals surface area (Å²) in [6.07, 6.45) is 1.91. The summed E-state index contributed by atoms with van der Waals surface area (Å²) in [4.78, 5) is 8.01. The molecule has 102 valence electrons. The fraction of sp³-hybridized carbons (Fsp3) is 0.105. The maximum absolute atomic E-state index is 4.54. The number of rotatable bonds is 1. The van der Waals surface area contributed by atoms with E-state index in [1.54, 1.807) is 0 Å². The number of nitrogens with zero attached hydrogens (tertiary/aromatic N) is 1. The average molecular weight is 272 g/mol. The molecular weight excluding hydrogens is 256 g/mol. The largest absolute Gasteiger partial charge is 0.339 e. The monoisotopic (exact) mass is 272 g/mol. The third-order valence-electron chi connectivity index (χ3n) is 4.04. The minimum absolute atomic E-state index is 0.960. The zero-order valence-electron chi connectivity index (χ0n) is 12.1.